The summed E-state index contributed by atoms with van der Waals surface area (Å²) in [7, 11) is 0. The fourth-order valence-electron chi connectivity index (χ4n) is 3.94. The van der Waals surface area contributed by atoms with Gasteiger partial charge < -0.3 is 10.2 Å². The summed E-state index contributed by atoms with van der Waals surface area (Å²) in [6.45, 7) is 1.89. The van der Waals surface area contributed by atoms with Crippen LogP contribution in [0.2, 0.25) is 0 Å². The van der Waals surface area contributed by atoms with Gasteiger partial charge in [0.25, 0.3) is 0 Å². The maximum absolute atomic E-state index is 13.8. The number of aliphatic carboxylic acids is 1. The Morgan fingerprint density at radius 2 is 1.73 bits per heavy atom. The summed E-state index contributed by atoms with van der Waals surface area (Å²) < 4.78 is 27.5. The average molecular weight is 376 g/mol. The zero-order valence-electron chi connectivity index (χ0n) is 15.9. The summed E-state index contributed by atoms with van der Waals surface area (Å²) in [5, 5.41) is 18.7. The number of hydrogen-bond donors (Lipinski definition) is 2. The van der Waals surface area contributed by atoms with E-state index in [2.05, 4.69) is 0 Å². The molecule has 0 aliphatic heterocycles. The summed E-state index contributed by atoms with van der Waals surface area (Å²) in [4.78, 5) is 22.6. The minimum atomic E-state index is -2.65. The highest BCUT2D eigenvalue weighted by atomic mass is 19.3. The van der Waals surface area contributed by atoms with E-state index in [0.717, 1.165) is 25.7 Å². The van der Waals surface area contributed by atoms with Gasteiger partial charge in [0.1, 0.15) is 5.78 Å². The van der Waals surface area contributed by atoms with Gasteiger partial charge in [0, 0.05) is 31.6 Å². The van der Waals surface area contributed by atoms with Crippen LogP contribution in [0.3, 0.4) is 0 Å². The number of carbonyl (C=O) groups excluding carboxylic acids is 1. The van der Waals surface area contributed by atoms with E-state index in [0.29, 0.717) is 32.1 Å². The topological polar surface area (TPSA) is 74.6 Å². The average Bonchev–Trinajstić information content (AvgIpc) is 2.82. The first kappa shape index (κ1) is 23.0. The first-order chi connectivity index (χ1) is 12.3. The zero-order valence-corrected chi connectivity index (χ0v) is 15.9. The predicted octanol–water partition coefficient (Wildman–Crippen LogP) is 4.97. The number of halogens is 2. The van der Waals surface area contributed by atoms with Gasteiger partial charge in [-0.1, -0.05) is 32.6 Å². The van der Waals surface area contributed by atoms with Crippen LogP contribution in [0, 0.1) is 11.8 Å². The molecular formula is C20H34F2O4. The van der Waals surface area contributed by atoms with Gasteiger partial charge in [-0.05, 0) is 38.0 Å². The van der Waals surface area contributed by atoms with Crippen molar-refractivity contribution in [2.24, 2.45) is 11.8 Å². The minimum Gasteiger partial charge on any atom is -0.481 e. The molecule has 0 aromatic heterocycles. The second-order valence-electron chi connectivity index (χ2n) is 7.71. The van der Waals surface area contributed by atoms with Crippen LogP contribution in [0.1, 0.15) is 90.4 Å². The molecule has 26 heavy (non-hydrogen) atoms. The molecule has 0 radical (unpaired) electrons. The number of aliphatic hydroxyl groups excluding tert-OH is 1. The lowest BCUT2D eigenvalue weighted by atomic mass is 9.85. The molecule has 1 rings (SSSR count). The minimum absolute atomic E-state index is 0.0470. The first-order valence-electron chi connectivity index (χ1n) is 10.1. The predicted molar refractivity (Wildman–Crippen MR) is 96.3 cm³/mol. The number of alkyl halides is 2. The molecule has 0 heterocycles. The highest BCUT2D eigenvalue weighted by Crippen LogP contribution is 2.38. The normalized spacial score (nSPS) is 23.5. The zero-order chi connectivity index (χ0) is 19.6. The SMILES string of the molecule is CCCCC(F)(F)CCCC1C(O)CC(=O)C1CCCCCCC(=O)O. The van der Waals surface area contributed by atoms with Gasteiger partial charge in [-0.2, -0.15) is 0 Å². The fourth-order valence-corrected chi connectivity index (χ4v) is 3.94. The molecule has 1 saturated carbocycles. The Hall–Kier alpha value is -1.04. The van der Waals surface area contributed by atoms with Crippen LogP contribution < -0.4 is 0 Å². The van der Waals surface area contributed by atoms with Crippen LogP contribution in [0.5, 0.6) is 0 Å². The maximum Gasteiger partial charge on any atom is 0.303 e. The van der Waals surface area contributed by atoms with Crippen molar-refractivity contribution in [1.82, 2.24) is 0 Å². The van der Waals surface area contributed by atoms with Gasteiger partial charge in [0.15, 0.2) is 0 Å². The van der Waals surface area contributed by atoms with Crippen molar-refractivity contribution in [2.75, 3.05) is 0 Å². The Kier molecular flexibility index (Phi) is 10.3. The molecule has 0 amide bonds. The summed E-state index contributed by atoms with van der Waals surface area (Å²) in [6, 6.07) is 0. The monoisotopic (exact) mass is 376 g/mol. The number of hydrogen-bond acceptors (Lipinski definition) is 3. The van der Waals surface area contributed by atoms with Gasteiger partial charge in [0.05, 0.1) is 6.10 Å². The molecule has 0 saturated heterocycles. The third-order valence-corrected chi connectivity index (χ3v) is 5.47. The molecule has 3 atom stereocenters. The molecule has 0 aromatic rings. The fraction of sp³-hybridized carbons (Fsp3) is 0.900. The van der Waals surface area contributed by atoms with Gasteiger partial charge in [-0.25, -0.2) is 8.78 Å². The highest BCUT2D eigenvalue weighted by molar-refractivity contribution is 5.84. The van der Waals surface area contributed by atoms with Crippen LogP contribution in [0.25, 0.3) is 0 Å². The van der Waals surface area contributed by atoms with Crippen molar-refractivity contribution in [1.29, 1.82) is 0 Å². The number of Topliss-reactive ketones (excluding diaryl/α,β-unsaturated/α-hetero) is 1. The Bertz CT molecular complexity index is 440. The summed E-state index contributed by atoms with van der Waals surface area (Å²) >= 11 is 0. The summed E-state index contributed by atoms with van der Waals surface area (Å²) in [5.74, 6) is -3.83. The Balaban J connectivity index is 2.34. The smallest absolute Gasteiger partial charge is 0.303 e. The second-order valence-corrected chi connectivity index (χ2v) is 7.71. The van der Waals surface area contributed by atoms with E-state index in [1.807, 2.05) is 6.92 Å². The number of carboxylic acids is 1. The molecule has 4 nitrogen and oxygen atoms in total. The standard InChI is InChI=1S/C20H34F2O4/c1-2-3-12-20(21,22)13-8-10-16-15(17(23)14-18(16)24)9-6-4-5-7-11-19(25)26/h15-16,18,24H,2-14H2,1H3,(H,25,26). The molecule has 0 aromatic carbocycles. The number of carboxylic acid groups (broad SMARTS) is 1. The molecule has 3 unspecified atom stereocenters. The Labute approximate surface area is 155 Å². The quantitative estimate of drug-likeness (QED) is 0.420. The van der Waals surface area contributed by atoms with Gasteiger partial charge in [0.2, 0.25) is 5.92 Å². The van der Waals surface area contributed by atoms with Crippen LogP contribution >= 0.6 is 0 Å². The maximum atomic E-state index is 13.8. The van der Waals surface area contributed by atoms with Crippen LogP contribution in [0.15, 0.2) is 0 Å². The Morgan fingerprint density at radius 3 is 2.38 bits per heavy atom. The number of unbranched alkanes of at least 4 members (excludes halogenated alkanes) is 4. The van der Waals surface area contributed by atoms with Crippen molar-refractivity contribution < 1.29 is 28.6 Å². The van der Waals surface area contributed by atoms with Crippen molar-refractivity contribution in [2.45, 2.75) is 102 Å². The highest BCUT2D eigenvalue weighted by Gasteiger charge is 2.41. The van der Waals surface area contributed by atoms with Crippen molar-refractivity contribution in [3.63, 3.8) is 0 Å². The van der Waals surface area contributed by atoms with Crippen LogP contribution in [-0.2, 0) is 9.59 Å². The molecule has 1 fully saturated rings. The second kappa shape index (κ2) is 11.6. The van der Waals surface area contributed by atoms with E-state index in [-0.39, 0.29) is 43.3 Å². The lowest BCUT2D eigenvalue weighted by Crippen LogP contribution is -2.22. The van der Waals surface area contributed by atoms with Gasteiger partial charge in [-0.15, -0.1) is 0 Å². The summed E-state index contributed by atoms with van der Waals surface area (Å²) in [6.07, 6.45) is 5.18. The molecule has 152 valence electrons. The van der Waals surface area contributed by atoms with E-state index in [9.17, 15) is 23.5 Å². The van der Waals surface area contributed by atoms with Crippen molar-refractivity contribution in [3.8, 4) is 0 Å². The molecule has 2 N–H and O–H groups in total. The van der Waals surface area contributed by atoms with Crippen molar-refractivity contribution >= 4 is 11.8 Å². The number of rotatable bonds is 14. The first-order valence-corrected chi connectivity index (χ1v) is 10.1. The molecule has 0 bridgehead atoms. The number of aliphatic hydroxyl groups is 1. The molecule has 1 aliphatic carbocycles. The van der Waals surface area contributed by atoms with Crippen LogP contribution in [0.4, 0.5) is 8.78 Å². The molecular weight excluding hydrogens is 342 g/mol. The number of ketones is 1. The van der Waals surface area contributed by atoms with Crippen LogP contribution in [-0.4, -0.2) is 34.0 Å². The van der Waals surface area contributed by atoms with Gasteiger partial charge in [-0.3, -0.25) is 9.59 Å². The summed E-state index contributed by atoms with van der Waals surface area (Å²) in [5.41, 5.74) is 0. The van der Waals surface area contributed by atoms with Crippen molar-refractivity contribution in [3.05, 3.63) is 0 Å². The van der Waals surface area contributed by atoms with E-state index >= 15 is 0 Å². The molecule has 0 spiro atoms. The van der Waals surface area contributed by atoms with E-state index in [1.54, 1.807) is 0 Å². The lowest BCUT2D eigenvalue weighted by molar-refractivity contribution is -0.137. The van der Waals surface area contributed by atoms with E-state index in [4.69, 9.17) is 5.11 Å². The molecule has 1 aliphatic rings. The largest absolute Gasteiger partial charge is 0.481 e. The third-order valence-electron chi connectivity index (χ3n) is 5.47. The molecule has 6 heteroatoms. The van der Waals surface area contributed by atoms with Gasteiger partial charge >= 0.3 is 5.97 Å². The number of carbonyl (C=O) groups is 2. The third kappa shape index (κ3) is 8.56. The van der Waals surface area contributed by atoms with E-state index < -0.39 is 18.0 Å². The lowest BCUT2D eigenvalue weighted by Gasteiger charge is -2.22. The van der Waals surface area contributed by atoms with E-state index in [1.165, 1.54) is 0 Å². The Morgan fingerprint density at radius 1 is 1.08 bits per heavy atom.